The summed E-state index contributed by atoms with van der Waals surface area (Å²) in [6.07, 6.45) is 1.23. The molecule has 1 saturated heterocycles. The van der Waals surface area contributed by atoms with E-state index in [0.29, 0.717) is 6.04 Å². The summed E-state index contributed by atoms with van der Waals surface area (Å²) in [6, 6.07) is 6.88. The molecule has 0 bridgehead atoms. The summed E-state index contributed by atoms with van der Waals surface area (Å²) >= 11 is 7.32. The van der Waals surface area contributed by atoms with Crippen LogP contribution in [0.25, 0.3) is 0 Å². The molecule has 0 amide bonds. The zero-order valence-corrected chi connectivity index (χ0v) is 14.1. The van der Waals surface area contributed by atoms with Crippen molar-refractivity contribution in [3.63, 3.8) is 0 Å². The lowest BCUT2D eigenvalue weighted by molar-refractivity contribution is 0.388. The van der Waals surface area contributed by atoms with Crippen molar-refractivity contribution in [2.75, 3.05) is 24.5 Å². The van der Waals surface area contributed by atoms with Crippen molar-refractivity contribution >= 4 is 37.5 Å². The fourth-order valence-corrected chi connectivity index (χ4v) is 4.05. The number of hydrogen-bond donors (Lipinski definition) is 1. The van der Waals surface area contributed by atoms with Gasteiger partial charge in [-0.3, -0.25) is 0 Å². The highest BCUT2D eigenvalue weighted by Gasteiger charge is 2.22. The lowest BCUT2D eigenvalue weighted by Crippen LogP contribution is -2.51. The zero-order chi connectivity index (χ0) is 13.1. The Bertz CT molecular complexity index is 387. The van der Waals surface area contributed by atoms with Crippen molar-refractivity contribution in [3.05, 3.63) is 27.1 Å². The van der Waals surface area contributed by atoms with Gasteiger partial charge in [0.2, 0.25) is 0 Å². The first kappa shape index (κ1) is 14.4. The molecule has 0 aromatic heterocycles. The monoisotopic (exact) mass is 374 g/mol. The Morgan fingerprint density at radius 3 is 2.61 bits per heavy atom. The molecule has 0 radical (unpaired) electrons. The Kier molecular flexibility index (Phi) is 5.10. The van der Waals surface area contributed by atoms with E-state index in [4.69, 9.17) is 0 Å². The molecule has 1 heterocycles. The minimum atomic E-state index is 0.595. The third-order valence-electron chi connectivity index (χ3n) is 3.27. The van der Waals surface area contributed by atoms with Crippen molar-refractivity contribution in [2.45, 2.75) is 26.3 Å². The Labute approximate surface area is 126 Å². The predicted octanol–water partition coefficient (Wildman–Crippen LogP) is 4.04. The quantitative estimate of drug-likeness (QED) is 0.857. The number of benzene rings is 1. The molecule has 1 aliphatic heterocycles. The van der Waals surface area contributed by atoms with E-state index in [2.05, 4.69) is 74.1 Å². The van der Waals surface area contributed by atoms with Crippen molar-refractivity contribution < 1.29 is 0 Å². The number of para-hydroxylation sites is 1. The van der Waals surface area contributed by atoms with Crippen LogP contribution in [0.5, 0.6) is 0 Å². The summed E-state index contributed by atoms with van der Waals surface area (Å²) in [6.45, 7) is 7.78. The average molecular weight is 376 g/mol. The first-order valence-corrected chi connectivity index (χ1v) is 8.09. The van der Waals surface area contributed by atoms with Crippen molar-refractivity contribution in [1.82, 2.24) is 5.32 Å². The Morgan fingerprint density at radius 1 is 1.33 bits per heavy atom. The summed E-state index contributed by atoms with van der Waals surface area (Å²) in [5.74, 6) is 0.741. The second-order valence-corrected chi connectivity index (χ2v) is 7.01. The lowest BCUT2D eigenvalue weighted by Gasteiger charge is -2.37. The first-order chi connectivity index (χ1) is 8.58. The number of hydrogen-bond acceptors (Lipinski definition) is 2. The number of halogens is 2. The van der Waals surface area contributed by atoms with Crippen LogP contribution in [0.3, 0.4) is 0 Å². The summed E-state index contributed by atoms with van der Waals surface area (Å²) in [5.41, 5.74) is 1.28. The molecule has 100 valence electrons. The molecule has 0 aliphatic carbocycles. The Morgan fingerprint density at radius 2 is 2.00 bits per heavy atom. The van der Waals surface area contributed by atoms with Crippen LogP contribution in [-0.2, 0) is 0 Å². The maximum absolute atomic E-state index is 3.66. The van der Waals surface area contributed by atoms with E-state index in [1.54, 1.807) is 0 Å². The van der Waals surface area contributed by atoms with Gasteiger partial charge in [0, 0.05) is 34.6 Å². The summed E-state index contributed by atoms with van der Waals surface area (Å²) in [4.78, 5) is 2.47. The van der Waals surface area contributed by atoms with E-state index >= 15 is 0 Å². The normalized spacial score (nSPS) is 20.5. The van der Waals surface area contributed by atoms with Gasteiger partial charge in [0.05, 0.1) is 5.69 Å². The topological polar surface area (TPSA) is 15.3 Å². The molecule has 0 spiro atoms. The van der Waals surface area contributed by atoms with Crippen LogP contribution in [0.2, 0.25) is 0 Å². The molecule has 0 saturated carbocycles. The van der Waals surface area contributed by atoms with Crippen LogP contribution in [0.15, 0.2) is 27.1 Å². The van der Waals surface area contributed by atoms with Gasteiger partial charge >= 0.3 is 0 Å². The predicted molar refractivity (Wildman–Crippen MR) is 85.3 cm³/mol. The molecule has 2 nitrogen and oxygen atoms in total. The second kappa shape index (κ2) is 6.40. The van der Waals surface area contributed by atoms with Gasteiger partial charge in [-0.25, -0.2) is 0 Å². The van der Waals surface area contributed by atoms with Crippen molar-refractivity contribution in [2.24, 2.45) is 5.92 Å². The van der Waals surface area contributed by atoms with Crippen molar-refractivity contribution in [1.29, 1.82) is 0 Å². The molecule has 1 N–H and O–H groups in total. The van der Waals surface area contributed by atoms with Gasteiger partial charge in [-0.1, -0.05) is 19.9 Å². The minimum absolute atomic E-state index is 0.595. The number of nitrogens with zero attached hydrogens (tertiary/aromatic N) is 1. The lowest BCUT2D eigenvalue weighted by atomic mass is 10.0. The van der Waals surface area contributed by atoms with E-state index in [9.17, 15) is 0 Å². The number of rotatable bonds is 3. The first-order valence-electron chi connectivity index (χ1n) is 6.50. The van der Waals surface area contributed by atoms with Gasteiger partial charge in [0.25, 0.3) is 0 Å². The number of anilines is 1. The summed E-state index contributed by atoms with van der Waals surface area (Å²) in [5, 5.41) is 3.62. The van der Waals surface area contributed by atoms with E-state index in [0.717, 1.165) is 25.6 Å². The molecule has 1 fully saturated rings. The van der Waals surface area contributed by atoms with E-state index in [-0.39, 0.29) is 0 Å². The molecular formula is C14H20Br2N2. The van der Waals surface area contributed by atoms with Crippen LogP contribution in [0.4, 0.5) is 5.69 Å². The second-order valence-electron chi connectivity index (χ2n) is 5.30. The molecule has 1 unspecified atom stereocenters. The molecule has 4 heteroatoms. The van der Waals surface area contributed by atoms with Crippen LogP contribution < -0.4 is 10.2 Å². The van der Waals surface area contributed by atoms with E-state index < -0.39 is 0 Å². The smallest absolute Gasteiger partial charge is 0.0655 e. The van der Waals surface area contributed by atoms with Gasteiger partial charge in [0.1, 0.15) is 0 Å². The van der Waals surface area contributed by atoms with Crippen LogP contribution in [0, 0.1) is 5.92 Å². The minimum Gasteiger partial charge on any atom is -0.367 e. The SMILES string of the molecule is CC(C)CC1CN(c2c(Br)cccc2Br)CCN1. The molecule has 1 aromatic carbocycles. The summed E-state index contributed by atoms with van der Waals surface area (Å²) in [7, 11) is 0. The van der Waals surface area contributed by atoms with Gasteiger partial charge in [-0.2, -0.15) is 0 Å². The maximum atomic E-state index is 3.66. The molecule has 1 atom stereocenters. The molecular weight excluding hydrogens is 356 g/mol. The maximum Gasteiger partial charge on any atom is 0.0655 e. The standard InChI is InChI=1S/C14H20Br2N2/c1-10(2)8-11-9-18(7-6-17-11)14-12(15)4-3-5-13(14)16/h3-5,10-11,17H,6-9H2,1-2H3. The van der Waals surface area contributed by atoms with Gasteiger partial charge in [-0.05, 0) is 56.3 Å². The number of piperazine rings is 1. The van der Waals surface area contributed by atoms with E-state index in [1.165, 1.54) is 21.1 Å². The average Bonchev–Trinajstić information content (AvgIpc) is 2.28. The Balaban J connectivity index is 2.13. The largest absolute Gasteiger partial charge is 0.367 e. The van der Waals surface area contributed by atoms with Crippen LogP contribution in [0.1, 0.15) is 20.3 Å². The number of nitrogens with one attached hydrogen (secondary N) is 1. The van der Waals surface area contributed by atoms with Crippen LogP contribution in [-0.4, -0.2) is 25.7 Å². The molecule has 2 rings (SSSR count). The fraction of sp³-hybridized carbons (Fsp3) is 0.571. The molecule has 18 heavy (non-hydrogen) atoms. The molecule has 1 aliphatic rings. The van der Waals surface area contributed by atoms with Gasteiger partial charge in [-0.15, -0.1) is 0 Å². The Hall–Kier alpha value is -0.0600. The van der Waals surface area contributed by atoms with Crippen molar-refractivity contribution in [3.8, 4) is 0 Å². The highest BCUT2D eigenvalue weighted by atomic mass is 79.9. The zero-order valence-electron chi connectivity index (χ0n) is 10.9. The van der Waals surface area contributed by atoms with Crippen LogP contribution >= 0.6 is 31.9 Å². The highest BCUT2D eigenvalue weighted by molar-refractivity contribution is 9.11. The summed E-state index contributed by atoms with van der Waals surface area (Å²) < 4.78 is 2.34. The van der Waals surface area contributed by atoms with E-state index in [1.807, 2.05) is 0 Å². The fourth-order valence-electron chi connectivity index (χ4n) is 2.55. The van der Waals surface area contributed by atoms with Gasteiger partial charge in [0.15, 0.2) is 0 Å². The third kappa shape index (κ3) is 3.49. The van der Waals surface area contributed by atoms with Gasteiger partial charge < -0.3 is 10.2 Å². The third-order valence-corrected chi connectivity index (χ3v) is 4.55. The highest BCUT2D eigenvalue weighted by Crippen LogP contribution is 2.34. The molecule has 1 aromatic rings.